The lowest BCUT2D eigenvalue weighted by molar-refractivity contribution is 0.305. The van der Waals surface area contributed by atoms with Crippen molar-refractivity contribution in [3.8, 4) is 0 Å². The molecule has 0 aromatic carbocycles. The highest BCUT2D eigenvalue weighted by molar-refractivity contribution is 5.05. The van der Waals surface area contributed by atoms with E-state index in [2.05, 4.69) is 22.4 Å². The number of nitrogens with zero attached hydrogens (tertiary/aromatic N) is 2. The van der Waals surface area contributed by atoms with E-state index in [4.69, 9.17) is 4.52 Å². The second kappa shape index (κ2) is 4.17. The summed E-state index contributed by atoms with van der Waals surface area (Å²) in [6.45, 7) is 4.25. The van der Waals surface area contributed by atoms with Gasteiger partial charge < -0.3 is 9.84 Å². The highest BCUT2D eigenvalue weighted by Gasteiger charge is 2.30. The van der Waals surface area contributed by atoms with Crippen molar-refractivity contribution in [3.63, 3.8) is 0 Å². The van der Waals surface area contributed by atoms with Gasteiger partial charge in [-0.05, 0) is 25.2 Å². The summed E-state index contributed by atoms with van der Waals surface area (Å²) in [5.41, 5.74) is 0. The Labute approximate surface area is 95.8 Å². The first-order valence-electron chi connectivity index (χ1n) is 6.41. The van der Waals surface area contributed by atoms with Crippen LogP contribution in [0.25, 0.3) is 0 Å². The van der Waals surface area contributed by atoms with Crippen molar-refractivity contribution in [3.05, 3.63) is 11.7 Å². The predicted octanol–water partition coefficient (Wildman–Crippen LogP) is 2.05. The smallest absolute Gasteiger partial charge is 0.232 e. The van der Waals surface area contributed by atoms with Gasteiger partial charge in [0.1, 0.15) is 0 Å². The summed E-state index contributed by atoms with van der Waals surface area (Å²) in [4.78, 5) is 4.57. The van der Waals surface area contributed by atoms with Crippen LogP contribution in [0.4, 0.5) is 0 Å². The van der Waals surface area contributed by atoms with Gasteiger partial charge in [-0.2, -0.15) is 4.98 Å². The number of hydrogen-bond donors (Lipinski definition) is 1. The van der Waals surface area contributed by atoms with Crippen molar-refractivity contribution < 1.29 is 4.52 Å². The monoisotopic (exact) mass is 221 g/mol. The van der Waals surface area contributed by atoms with Gasteiger partial charge in [-0.1, -0.05) is 18.5 Å². The topological polar surface area (TPSA) is 51.0 Å². The van der Waals surface area contributed by atoms with Crippen molar-refractivity contribution in [1.29, 1.82) is 0 Å². The first kappa shape index (κ1) is 10.3. The second-order valence-electron chi connectivity index (χ2n) is 5.13. The summed E-state index contributed by atoms with van der Waals surface area (Å²) in [6, 6.07) is 0. The summed E-state index contributed by atoms with van der Waals surface area (Å²) in [5, 5.41) is 7.38. The van der Waals surface area contributed by atoms with Crippen molar-refractivity contribution >= 4 is 0 Å². The van der Waals surface area contributed by atoms with E-state index in [1.165, 1.54) is 25.7 Å². The summed E-state index contributed by atoms with van der Waals surface area (Å²) >= 11 is 0. The minimum Gasteiger partial charge on any atom is -0.339 e. The standard InChI is InChI=1S/C12H19N3O/c1-2-8-3-4-9(5-8)11-14-12(16-15-11)10-6-13-7-10/h8-10,13H,2-7H2,1H3. The molecule has 0 amide bonds. The summed E-state index contributed by atoms with van der Waals surface area (Å²) in [7, 11) is 0. The van der Waals surface area contributed by atoms with Crippen LogP contribution >= 0.6 is 0 Å². The van der Waals surface area contributed by atoms with Crippen molar-refractivity contribution in [2.24, 2.45) is 5.92 Å². The van der Waals surface area contributed by atoms with Crippen LogP contribution in [0.15, 0.2) is 4.52 Å². The Morgan fingerprint density at radius 1 is 1.31 bits per heavy atom. The molecule has 1 aromatic heterocycles. The third-order valence-corrected chi connectivity index (χ3v) is 4.07. The number of hydrogen-bond acceptors (Lipinski definition) is 4. The fourth-order valence-corrected chi connectivity index (χ4v) is 2.72. The van der Waals surface area contributed by atoms with E-state index in [1.807, 2.05) is 0 Å². The van der Waals surface area contributed by atoms with Gasteiger partial charge in [0, 0.05) is 19.0 Å². The quantitative estimate of drug-likeness (QED) is 0.848. The zero-order chi connectivity index (χ0) is 11.0. The minimum atomic E-state index is 0.463. The molecule has 1 aliphatic heterocycles. The van der Waals surface area contributed by atoms with Crippen LogP contribution in [0.2, 0.25) is 0 Å². The largest absolute Gasteiger partial charge is 0.339 e. The molecule has 4 nitrogen and oxygen atoms in total. The molecular formula is C12H19N3O. The van der Waals surface area contributed by atoms with E-state index >= 15 is 0 Å². The first-order valence-corrected chi connectivity index (χ1v) is 6.41. The molecule has 2 heterocycles. The Hall–Kier alpha value is -0.900. The van der Waals surface area contributed by atoms with E-state index in [0.717, 1.165) is 30.7 Å². The van der Waals surface area contributed by atoms with Gasteiger partial charge in [-0.3, -0.25) is 0 Å². The summed E-state index contributed by atoms with van der Waals surface area (Å²) < 4.78 is 5.35. The Morgan fingerprint density at radius 2 is 2.19 bits per heavy atom. The molecule has 1 saturated heterocycles. The van der Waals surface area contributed by atoms with Crippen LogP contribution in [-0.2, 0) is 0 Å². The Balaban J connectivity index is 1.68. The van der Waals surface area contributed by atoms with E-state index in [9.17, 15) is 0 Å². The molecule has 1 aromatic rings. The molecule has 0 spiro atoms. The number of rotatable bonds is 3. The van der Waals surface area contributed by atoms with Gasteiger partial charge >= 0.3 is 0 Å². The van der Waals surface area contributed by atoms with Crippen molar-refractivity contribution in [1.82, 2.24) is 15.5 Å². The maximum atomic E-state index is 5.35. The normalized spacial score (nSPS) is 30.6. The van der Waals surface area contributed by atoms with Crippen LogP contribution in [0, 0.1) is 5.92 Å². The van der Waals surface area contributed by atoms with Gasteiger partial charge in [0.05, 0.1) is 5.92 Å². The molecule has 1 aliphatic carbocycles. The van der Waals surface area contributed by atoms with Crippen LogP contribution in [0.5, 0.6) is 0 Å². The molecule has 16 heavy (non-hydrogen) atoms. The Morgan fingerprint density at radius 3 is 2.81 bits per heavy atom. The SMILES string of the molecule is CCC1CCC(c2noc(C3CNC3)n2)C1. The van der Waals surface area contributed by atoms with Crippen LogP contribution in [0.3, 0.4) is 0 Å². The first-order chi connectivity index (χ1) is 7.86. The van der Waals surface area contributed by atoms with Crippen molar-refractivity contribution in [2.45, 2.75) is 44.4 Å². The average molecular weight is 221 g/mol. The van der Waals surface area contributed by atoms with Crippen LogP contribution < -0.4 is 5.32 Å². The molecular weight excluding hydrogens is 202 g/mol. The highest BCUT2D eigenvalue weighted by Crippen LogP contribution is 2.38. The second-order valence-corrected chi connectivity index (χ2v) is 5.13. The number of nitrogens with one attached hydrogen (secondary N) is 1. The van der Waals surface area contributed by atoms with Gasteiger partial charge in [-0.25, -0.2) is 0 Å². The van der Waals surface area contributed by atoms with Gasteiger partial charge in [0.2, 0.25) is 5.89 Å². The molecule has 2 unspecified atom stereocenters. The molecule has 3 rings (SSSR count). The summed E-state index contributed by atoms with van der Waals surface area (Å²) in [5.74, 6) is 3.68. The van der Waals surface area contributed by atoms with Crippen LogP contribution in [-0.4, -0.2) is 23.2 Å². The fraction of sp³-hybridized carbons (Fsp3) is 0.833. The van der Waals surface area contributed by atoms with E-state index < -0.39 is 0 Å². The lowest BCUT2D eigenvalue weighted by Crippen LogP contribution is -2.40. The maximum Gasteiger partial charge on any atom is 0.232 e. The highest BCUT2D eigenvalue weighted by atomic mass is 16.5. The maximum absolute atomic E-state index is 5.35. The number of aromatic nitrogens is 2. The van der Waals surface area contributed by atoms with E-state index in [0.29, 0.717) is 11.8 Å². The molecule has 2 aliphatic rings. The molecule has 0 radical (unpaired) electrons. The molecule has 88 valence electrons. The van der Waals surface area contributed by atoms with E-state index in [-0.39, 0.29) is 0 Å². The Bertz CT molecular complexity index is 359. The zero-order valence-electron chi connectivity index (χ0n) is 9.78. The summed E-state index contributed by atoms with van der Waals surface area (Å²) in [6.07, 6.45) is 5.10. The lowest BCUT2D eigenvalue weighted by atomic mass is 10.0. The molecule has 2 fully saturated rings. The molecule has 4 heteroatoms. The third kappa shape index (κ3) is 1.75. The van der Waals surface area contributed by atoms with Crippen LogP contribution in [0.1, 0.15) is 56.2 Å². The zero-order valence-corrected chi connectivity index (χ0v) is 9.78. The molecule has 1 N–H and O–H groups in total. The molecule has 0 bridgehead atoms. The minimum absolute atomic E-state index is 0.463. The van der Waals surface area contributed by atoms with Gasteiger partial charge in [-0.15, -0.1) is 0 Å². The van der Waals surface area contributed by atoms with E-state index in [1.54, 1.807) is 0 Å². The lowest BCUT2D eigenvalue weighted by Gasteiger charge is -2.22. The van der Waals surface area contributed by atoms with Crippen molar-refractivity contribution in [2.75, 3.05) is 13.1 Å². The third-order valence-electron chi connectivity index (χ3n) is 4.07. The molecule has 1 saturated carbocycles. The average Bonchev–Trinajstić information content (AvgIpc) is 2.81. The van der Waals surface area contributed by atoms with Gasteiger partial charge in [0.25, 0.3) is 0 Å². The predicted molar refractivity (Wildman–Crippen MR) is 60.3 cm³/mol. The van der Waals surface area contributed by atoms with Gasteiger partial charge in [0.15, 0.2) is 5.82 Å². The Kier molecular flexibility index (Phi) is 2.67. The fourth-order valence-electron chi connectivity index (χ4n) is 2.72. The molecule has 2 atom stereocenters.